The van der Waals surface area contributed by atoms with Crippen molar-refractivity contribution in [3.63, 3.8) is 0 Å². The summed E-state index contributed by atoms with van der Waals surface area (Å²) in [5, 5.41) is 18.3. The predicted molar refractivity (Wildman–Crippen MR) is 161 cm³/mol. The third-order valence-electron chi connectivity index (χ3n) is 6.84. The number of hydrogen-bond donors (Lipinski definition) is 4. The molecule has 0 fully saturated rings. The average Bonchev–Trinajstić information content (AvgIpc) is 2.98. The number of carbonyl (C=O) groups excluding carboxylic acids is 3. The van der Waals surface area contributed by atoms with Gasteiger partial charge in [0.25, 0.3) is 5.91 Å². The number of urea groups is 1. The summed E-state index contributed by atoms with van der Waals surface area (Å²) in [5.74, 6) is -2.24. The van der Waals surface area contributed by atoms with E-state index in [9.17, 15) is 24.3 Å². The van der Waals surface area contributed by atoms with E-state index in [2.05, 4.69) is 16.0 Å². The van der Waals surface area contributed by atoms with E-state index < -0.39 is 35.9 Å². The number of hydrogen-bond acceptors (Lipinski definition) is 4. The first-order valence-electron chi connectivity index (χ1n) is 13.2. The predicted octanol–water partition coefficient (Wildman–Crippen LogP) is 5.37. The number of amides is 4. The van der Waals surface area contributed by atoms with E-state index in [0.29, 0.717) is 16.4 Å². The zero-order valence-corrected chi connectivity index (χ0v) is 23.0. The second-order valence-electron chi connectivity index (χ2n) is 9.79. The largest absolute Gasteiger partial charge is 0.480 e. The summed E-state index contributed by atoms with van der Waals surface area (Å²) in [7, 11) is 0. The molecule has 1 aliphatic heterocycles. The molecule has 4 amide bonds. The highest BCUT2D eigenvalue weighted by atomic mass is 35.5. The quantitative estimate of drug-likeness (QED) is 0.222. The summed E-state index contributed by atoms with van der Waals surface area (Å²) in [6, 6.07) is 26.8. The van der Waals surface area contributed by atoms with Gasteiger partial charge in [0.15, 0.2) is 0 Å². The minimum Gasteiger partial charge on any atom is -0.480 e. The van der Waals surface area contributed by atoms with E-state index in [1.807, 2.05) is 36.4 Å². The van der Waals surface area contributed by atoms with Gasteiger partial charge in [-0.05, 0) is 47.5 Å². The molecule has 0 saturated heterocycles. The summed E-state index contributed by atoms with van der Waals surface area (Å²) in [6.45, 7) is 0. The number of nitrogens with zero attached hydrogens (tertiary/aromatic N) is 1. The lowest BCUT2D eigenvalue weighted by Crippen LogP contribution is -2.53. The van der Waals surface area contributed by atoms with Gasteiger partial charge in [-0.3, -0.25) is 14.5 Å². The highest BCUT2D eigenvalue weighted by molar-refractivity contribution is 6.31. The van der Waals surface area contributed by atoms with Gasteiger partial charge in [-0.1, -0.05) is 78.3 Å². The van der Waals surface area contributed by atoms with Gasteiger partial charge >= 0.3 is 12.0 Å². The summed E-state index contributed by atoms with van der Waals surface area (Å²) in [6.07, 6.45) is 0.347. The van der Waals surface area contributed by atoms with E-state index in [-0.39, 0.29) is 24.1 Å². The Morgan fingerprint density at radius 1 is 0.881 bits per heavy atom. The minimum atomic E-state index is -1.17. The normalized spacial score (nSPS) is 14.7. The van der Waals surface area contributed by atoms with Crippen LogP contribution in [0.5, 0.6) is 0 Å². The van der Waals surface area contributed by atoms with Gasteiger partial charge in [0, 0.05) is 29.1 Å². The van der Waals surface area contributed by atoms with Crippen LogP contribution in [0.1, 0.15) is 21.5 Å². The number of carboxylic acid groups (broad SMARTS) is 1. The SMILES string of the molecule is O=C(NC(Cc1ccccc1)C(=O)O)c1ccc2c(c1)NC(=O)C(Cc1ccccc1)N2C(=O)Nc1cccc(Cl)c1. The van der Waals surface area contributed by atoms with Gasteiger partial charge in [-0.25, -0.2) is 9.59 Å². The molecular weight excluding hydrogens is 556 g/mol. The standard InChI is InChI=1S/C32H27ClN4O5/c33-23-12-7-13-24(19-23)34-32(42)37-27-15-14-22(29(38)36-26(31(40)41)16-20-8-3-1-4-9-20)18-25(27)35-30(39)28(37)17-21-10-5-2-6-11-21/h1-15,18-19,26,28H,16-17H2,(H,34,42)(H,35,39)(H,36,38)(H,40,41). The molecule has 4 aromatic rings. The van der Waals surface area contributed by atoms with E-state index >= 15 is 0 Å². The van der Waals surface area contributed by atoms with Gasteiger partial charge < -0.3 is 21.1 Å². The number of fused-ring (bicyclic) bond motifs is 1. The Kier molecular flexibility index (Phi) is 8.50. The zero-order valence-electron chi connectivity index (χ0n) is 22.3. The molecular formula is C32H27ClN4O5. The van der Waals surface area contributed by atoms with Crippen LogP contribution in [-0.2, 0) is 22.4 Å². The second kappa shape index (κ2) is 12.6. The van der Waals surface area contributed by atoms with Crippen LogP contribution in [0.2, 0.25) is 5.02 Å². The Labute approximate surface area is 247 Å². The first-order chi connectivity index (χ1) is 20.3. The fourth-order valence-electron chi connectivity index (χ4n) is 4.80. The number of nitrogens with one attached hydrogen (secondary N) is 3. The summed E-state index contributed by atoms with van der Waals surface area (Å²) in [5.41, 5.74) is 2.82. The molecule has 0 saturated carbocycles. The van der Waals surface area contributed by atoms with Crippen LogP contribution < -0.4 is 20.9 Å². The lowest BCUT2D eigenvalue weighted by atomic mass is 9.99. The fourth-order valence-corrected chi connectivity index (χ4v) is 4.99. The fraction of sp³-hybridized carbons (Fsp3) is 0.125. The van der Waals surface area contributed by atoms with Crippen molar-refractivity contribution in [1.29, 1.82) is 0 Å². The van der Waals surface area contributed by atoms with Crippen LogP contribution in [-0.4, -0.2) is 41.0 Å². The maximum atomic E-state index is 13.6. The van der Waals surface area contributed by atoms with E-state index in [4.69, 9.17) is 11.6 Å². The highest BCUT2D eigenvalue weighted by Gasteiger charge is 2.37. The van der Waals surface area contributed by atoms with Crippen molar-refractivity contribution < 1.29 is 24.3 Å². The van der Waals surface area contributed by atoms with Crippen LogP contribution in [0.15, 0.2) is 103 Å². The van der Waals surface area contributed by atoms with Crippen LogP contribution in [0.4, 0.5) is 21.9 Å². The molecule has 42 heavy (non-hydrogen) atoms. The highest BCUT2D eigenvalue weighted by Crippen LogP contribution is 2.35. The molecule has 2 atom stereocenters. The number of rotatable bonds is 8. The molecule has 4 N–H and O–H groups in total. The van der Waals surface area contributed by atoms with Crippen molar-refractivity contribution in [2.24, 2.45) is 0 Å². The van der Waals surface area contributed by atoms with Crippen molar-refractivity contribution in [3.05, 3.63) is 125 Å². The Hall–Kier alpha value is -5.15. The average molecular weight is 583 g/mol. The topological polar surface area (TPSA) is 128 Å². The molecule has 5 rings (SSSR count). The maximum Gasteiger partial charge on any atom is 0.327 e. The zero-order chi connectivity index (χ0) is 29.6. The van der Waals surface area contributed by atoms with Crippen molar-refractivity contribution in [3.8, 4) is 0 Å². The summed E-state index contributed by atoms with van der Waals surface area (Å²) >= 11 is 6.10. The second-order valence-corrected chi connectivity index (χ2v) is 10.2. The van der Waals surface area contributed by atoms with Crippen LogP contribution >= 0.6 is 11.6 Å². The molecule has 0 spiro atoms. The molecule has 1 aliphatic rings. The molecule has 212 valence electrons. The van der Waals surface area contributed by atoms with Gasteiger partial charge in [-0.15, -0.1) is 0 Å². The van der Waals surface area contributed by atoms with Crippen LogP contribution in [0.3, 0.4) is 0 Å². The summed E-state index contributed by atoms with van der Waals surface area (Å²) < 4.78 is 0. The molecule has 0 radical (unpaired) electrons. The molecule has 2 unspecified atom stereocenters. The van der Waals surface area contributed by atoms with Gasteiger partial charge in [-0.2, -0.15) is 0 Å². The van der Waals surface area contributed by atoms with Gasteiger partial charge in [0.05, 0.1) is 11.4 Å². The molecule has 0 bridgehead atoms. The van der Waals surface area contributed by atoms with Gasteiger partial charge in [0.1, 0.15) is 12.1 Å². The maximum absolute atomic E-state index is 13.6. The lowest BCUT2D eigenvalue weighted by Gasteiger charge is -2.36. The van der Waals surface area contributed by atoms with Crippen LogP contribution in [0, 0.1) is 0 Å². The number of carboxylic acids is 1. The third-order valence-corrected chi connectivity index (χ3v) is 7.08. The molecule has 10 heteroatoms. The van der Waals surface area contributed by atoms with Crippen LogP contribution in [0.25, 0.3) is 0 Å². The first kappa shape index (κ1) is 28.4. The summed E-state index contributed by atoms with van der Waals surface area (Å²) in [4.78, 5) is 53.4. The Bertz CT molecular complexity index is 1630. The number of halogens is 1. The van der Waals surface area contributed by atoms with Crippen molar-refractivity contribution >= 4 is 52.5 Å². The van der Waals surface area contributed by atoms with E-state index in [1.54, 1.807) is 54.6 Å². The molecule has 1 heterocycles. The van der Waals surface area contributed by atoms with Gasteiger partial charge in [0.2, 0.25) is 5.91 Å². The minimum absolute atomic E-state index is 0.0994. The van der Waals surface area contributed by atoms with E-state index in [1.165, 1.54) is 17.0 Å². The van der Waals surface area contributed by atoms with Crippen molar-refractivity contribution in [2.45, 2.75) is 24.9 Å². The number of aliphatic carboxylic acids is 1. The monoisotopic (exact) mass is 582 g/mol. The first-order valence-corrected chi connectivity index (χ1v) is 13.6. The Morgan fingerprint density at radius 2 is 1.57 bits per heavy atom. The molecule has 0 aliphatic carbocycles. The number of benzene rings is 4. The molecule has 0 aromatic heterocycles. The van der Waals surface area contributed by atoms with Crippen molar-refractivity contribution in [1.82, 2.24) is 5.32 Å². The number of anilines is 3. The lowest BCUT2D eigenvalue weighted by molar-refractivity contribution is -0.139. The molecule has 9 nitrogen and oxygen atoms in total. The number of carbonyl (C=O) groups is 4. The third kappa shape index (κ3) is 6.59. The smallest absolute Gasteiger partial charge is 0.327 e. The Morgan fingerprint density at radius 3 is 2.24 bits per heavy atom. The molecule has 4 aromatic carbocycles. The Balaban J connectivity index is 1.43. The van der Waals surface area contributed by atoms with E-state index in [0.717, 1.165) is 11.1 Å². The van der Waals surface area contributed by atoms with Crippen molar-refractivity contribution in [2.75, 3.05) is 15.5 Å².